The molecule has 0 aromatic heterocycles. The van der Waals surface area contributed by atoms with E-state index in [0.717, 1.165) is 37.8 Å². The van der Waals surface area contributed by atoms with E-state index < -0.39 is 0 Å². The summed E-state index contributed by atoms with van der Waals surface area (Å²) in [6.45, 7) is 7.21. The smallest absolute Gasteiger partial charge is 0.119 e. The van der Waals surface area contributed by atoms with E-state index >= 15 is 0 Å². The van der Waals surface area contributed by atoms with Gasteiger partial charge in [0, 0.05) is 6.54 Å². The number of rotatable bonds is 7. The van der Waals surface area contributed by atoms with Crippen LogP contribution in [0.3, 0.4) is 0 Å². The molecule has 1 aromatic rings. The van der Waals surface area contributed by atoms with Crippen LogP contribution in [0, 0.1) is 5.92 Å². The summed E-state index contributed by atoms with van der Waals surface area (Å²) in [5.74, 6) is 1.85. The Labute approximate surface area is 123 Å². The third kappa shape index (κ3) is 4.80. The maximum Gasteiger partial charge on any atom is 0.119 e. The Hall–Kier alpha value is -1.06. The zero-order valence-corrected chi connectivity index (χ0v) is 12.7. The van der Waals surface area contributed by atoms with Gasteiger partial charge in [-0.2, -0.15) is 0 Å². The molecule has 0 radical (unpaired) electrons. The zero-order chi connectivity index (χ0) is 14.2. The van der Waals surface area contributed by atoms with Crippen molar-refractivity contribution in [2.75, 3.05) is 26.2 Å². The van der Waals surface area contributed by atoms with Crippen LogP contribution in [0.5, 0.6) is 5.75 Å². The molecule has 1 aliphatic heterocycles. The molecule has 0 bridgehead atoms. The fourth-order valence-electron chi connectivity index (χ4n) is 2.88. The summed E-state index contributed by atoms with van der Waals surface area (Å²) < 4.78 is 5.70. The minimum Gasteiger partial charge on any atom is -0.494 e. The van der Waals surface area contributed by atoms with Gasteiger partial charge in [-0.25, -0.2) is 0 Å². The third-order valence-corrected chi connectivity index (χ3v) is 4.06. The minimum absolute atomic E-state index is 0.800. The van der Waals surface area contributed by atoms with Gasteiger partial charge in [0.1, 0.15) is 5.75 Å². The molecule has 3 nitrogen and oxygen atoms in total. The summed E-state index contributed by atoms with van der Waals surface area (Å²) in [5.41, 5.74) is 7.00. The Balaban J connectivity index is 1.81. The molecule has 0 atom stereocenters. The monoisotopic (exact) mass is 276 g/mol. The van der Waals surface area contributed by atoms with E-state index in [2.05, 4.69) is 30.0 Å². The molecule has 0 amide bonds. The van der Waals surface area contributed by atoms with Crippen molar-refractivity contribution in [2.24, 2.45) is 11.7 Å². The number of ether oxygens (including phenoxy) is 1. The molecule has 0 saturated carbocycles. The van der Waals surface area contributed by atoms with E-state index in [-0.39, 0.29) is 0 Å². The molecule has 0 aliphatic carbocycles. The van der Waals surface area contributed by atoms with Crippen molar-refractivity contribution in [3.05, 3.63) is 29.8 Å². The highest BCUT2D eigenvalue weighted by atomic mass is 16.5. The minimum atomic E-state index is 0.800. The van der Waals surface area contributed by atoms with Crippen LogP contribution < -0.4 is 10.5 Å². The molecule has 20 heavy (non-hydrogen) atoms. The first kappa shape index (κ1) is 15.3. The quantitative estimate of drug-likeness (QED) is 0.832. The maximum absolute atomic E-state index is 5.70. The second kappa shape index (κ2) is 8.28. The van der Waals surface area contributed by atoms with Crippen LogP contribution >= 0.6 is 0 Å². The Kier molecular flexibility index (Phi) is 6.34. The first-order valence-electron chi connectivity index (χ1n) is 7.96. The molecule has 1 saturated heterocycles. The SMILES string of the molecule is CCCOc1cccc(CN2CCC(CCN)CC2)c1. The van der Waals surface area contributed by atoms with E-state index in [0.29, 0.717) is 0 Å². The van der Waals surface area contributed by atoms with Crippen molar-refractivity contribution in [3.8, 4) is 5.75 Å². The van der Waals surface area contributed by atoms with Gasteiger partial charge in [0.25, 0.3) is 0 Å². The van der Waals surface area contributed by atoms with Crippen molar-refractivity contribution in [3.63, 3.8) is 0 Å². The second-order valence-electron chi connectivity index (χ2n) is 5.79. The Morgan fingerprint density at radius 2 is 2.10 bits per heavy atom. The molecule has 0 unspecified atom stereocenters. The lowest BCUT2D eigenvalue weighted by Crippen LogP contribution is -2.33. The average Bonchev–Trinajstić information content (AvgIpc) is 2.48. The summed E-state index contributed by atoms with van der Waals surface area (Å²) in [5, 5.41) is 0. The van der Waals surface area contributed by atoms with E-state index in [9.17, 15) is 0 Å². The van der Waals surface area contributed by atoms with Gasteiger partial charge in [-0.1, -0.05) is 19.1 Å². The topological polar surface area (TPSA) is 38.5 Å². The normalized spacial score (nSPS) is 17.3. The molecule has 1 fully saturated rings. The predicted molar refractivity (Wildman–Crippen MR) is 83.9 cm³/mol. The third-order valence-electron chi connectivity index (χ3n) is 4.06. The molecule has 112 valence electrons. The van der Waals surface area contributed by atoms with Gasteiger partial charge in [-0.05, 0) is 68.9 Å². The lowest BCUT2D eigenvalue weighted by molar-refractivity contribution is 0.173. The number of nitrogens with two attached hydrogens (primary N) is 1. The fourth-order valence-corrected chi connectivity index (χ4v) is 2.88. The van der Waals surface area contributed by atoms with Gasteiger partial charge in [0.05, 0.1) is 6.61 Å². The Bertz CT molecular complexity index is 386. The average molecular weight is 276 g/mol. The molecule has 1 aromatic carbocycles. The maximum atomic E-state index is 5.70. The standard InChI is InChI=1S/C17H28N2O/c1-2-12-20-17-5-3-4-16(13-17)14-19-10-7-15(6-9-18)8-11-19/h3-5,13,15H,2,6-12,14,18H2,1H3. The Morgan fingerprint density at radius 1 is 1.30 bits per heavy atom. The largest absolute Gasteiger partial charge is 0.494 e. The predicted octanol–water partition coefficient (Wildman–Crippen LogP) is 3.04. The first-order chi connectivity index (χ1) is 9.81. The molecule has 2 rings (SSSR count). The highest BCUT2D eigenvalue weighted by Crippen LogP contribution is 2.22. The van der Waals surface area contributed by atoms with E-state index in [4.69, 9.17) is 10.5 Å². The number of benzene rings is 1. The zero-order valence-electron chi connectivity index (χ0n) is 12.7. The number of likely N-dealkylation sites (tertiary alicyclic amines) is 1. The summed E-state index contributed by atoms with van der Waals surface area (Å²) in [4.78, 5) is 2.55. The van der Waals surface area contributed by atoms with Crippen molar-refractivity contribution < 1.29 is 4.74 Å². The first-order valence-corrected chi connectivity index (χ1v) is 7.96. The number of nitrogens with zero attached hydrogens (tertiary/aromatic N) is 1. The number of hydrogen-bond donors (Lipinski definition) is 1. The molecule has 2 N–H and O–H groups in total. The van der Waals surface area contributed by atoms with Crippen molar-refractivity contribution >= 4 is 0 Å². The van der Waals surface area contributed by atoms with Crippen LogP contribution in [0.4, 0.5) is 0 Å². The lowest BCUT2D eigenvalue weighted by Gasteiger charge is -2.31. The van der Waals surface area contributed by atoms with E-state index in [1.807, 2.05) is 6.07 Å². The lowest BCUT2D eigenvalue weighted by atomic mass is 9.93. The van der Waals surface area contributed by atoms with E-state index in [1.165, 1.54) is 37.9 Å². The Morgan fingerprint density at radius 3 is 2.80 bits per heavy atom. The van der Waals surface area contributed by atoms with Gasteiger partial charge < -0.3 is 10.5 Å². The van der Waals surface area contributed by atoms with Crippen LogP contribution in [0.15, 0.2) is 24.3 Å². The molecule has 1 aliphatic rings. The van der Waals surface area contributed by atoms with Gasteiger partial charge >= 0.3 is 0 Å². The van der Waals surface area contributed by atoms with Gasteiger partial charge in [0.2, 0.25) is 0 Å². The highest BCUT2D eigenvalue weighted by Gasteiger charge is 2.18. The van der Waals surface area contributed by atoms with Crippen LogP contribution in [0.1, 0.15) is 38.2 Å². The molecule has 3 heteroatoms. The molecule has 1 heterocycles. The summed E-state index contributed by atoms with van der Waals surface area (Å²) >= 11 is 0. The van der Waals surface area contributed by atoms with Gasteiger partial charge in [-0.3, -0.25) is 4.90 Å². The number of hydrogen-bond acceptors (Lipinski definition) is 3. The summed E-state index contributed by atoms with van der Waals surface area (Å²) in [7, 11) is 0. The fraction of sp³-hybridized carbons (Fsp3) is 0.647. The van der Waals surface area contributed by atoms with E-state index in [1.54, 1.807) is 0 Å². The highest BCUT2D eigenvalue weighted by molar-refractivity contribution is 5.28. The summed E-state index contributed by atoms with van der Waals surface area (Å²) in [6, 6.07) is 8.53. The van der Waals surface area contributed by atoms with Crippen molar-refractivity contribution in [2.45, 2.75) is 39.2 Å². The van der Waals surface area contributed by atoms with Crippen LogP contribution in [0.2, 0.25) is 0 Å². The van der Waals surface area contributed by atoms with Gasteiger partial charge in [0.15, 0.2) is 0 Å². The summed E-state index contributed by atoms with van der Waals surface area (Å²) in [6.07, 6.45) is 4.83. The molecular weight excluding hydrogens is 248 g/mol. The molecule has 0 spiro atoms. The van der Waals surface area contributed by atoms with Crippen LogP contribution in [0.25, 0.3) is 0 Å². The van der Waals surface area contributed by atoms with Crippen molar-refractivity contribution in [1.82, 2.24) is 4.90 Å². The number of piperidine rings is 1. The second-order valence-corrected chi connectivity index (χ2v) is 5.79. The van der Waals surface area contributed by atoms with Gasteiger partial charge in [-0.15, -0.1) is 0 Å². The molecular formula is C17H28N2O. The van der Waals surface area contributed by atoms with Crippen molar-refractivity contribution in [1.29, 1.82) is 0 Å². The van der Waals surface area contributed by atoms with Crippen LogP contribution in [-0.2, 0) is 6.54 Å². The van der Waals surface area contributed by atoms with Crippen LogP contribution in [-0.4, -0.2) is 31.1 Å².